The van der Waals surface area contributed by atoms with Gasteiger partial charge >= 0.3 is 12.0 Å². The number of benzene rings is 1. The highest BCUT2D eigenvalue weighted by Crippen LogP contribution is 2.35. The second-order valence-electron chi connectivity index (χ2n) is 5.47. The zero-order valence-corrected chi connectivity index (χ0v) is 13.7. The highest BCUT2D eigenvalue weighted by atomic mass is 16.6. The first-order valence-corrected chi connectivity index (χ1v) is 7.39. The maximum atomic E-state index is 12.6. The van der Waals surface area contributed by atoms with Gasteiger partial charge in [0, 0.05) is 7.05 Å². The number of carboxylic acid groups (broad SMARTS) is 1. The van der Waals surface area contributed by atoms with Crippen molar-refractivity contribution in [3.8, 4) is 0 Å². The number of urea groups is 1. The summed E-state index contributed by atoms with van der Waals surface area (Å²) in [4.78, 5) is 42.6. The molecule has 1 saturated heterocycles. The Bertz CT molecular complexity index is 685. The topological polar surface area (TPSA) is 99.5 Å². The second kappa shape index (κ2) is 6.69. The van der Waals surface area contributed by atoms with Crippen LogP contribution in [0.15, 0.2) is 29.4 Å². The zero-order valence-electron chi connectivity index (χ0n) is 13.7. The smallest absolute Gasteiger partial charge is 0.328 e. The summed E-state index contributed by atoms with van der Waals surface area (Å²) in [5.74, 6) is -1.80. The van der Waals surface area contributed by atoms with E-state index in [9.17, 15) is 14.4 Å². The molecule has 1 aromatic carbocycles. The Balaban J connectivity index is 2.30. The fraction of sp³-hybridized carbons (Fsp3) is 0.375. The van der Waals surface area contributed by atoms with Crippen molar-refractivity contribution in [1.82, 2.24) is 9.80 Å². The van der Waals surface area contributed by atoms with Crippen molar-refractivity contribution in [2.24, 2.45) is 5.16 Å². The normalized spacial score (nSPS) is 21.0. The molecule has 0 spiro atoms. The molecule has 0 aromatic heterocycles. The number of hydrogen-bond acceptors (Lipinski definition) is 5. The van der Waals surface area contributed by atoms with E-state index in [0.29, 0.717) is 12.2 Å². The summed E-state index contributed by atoms with van der Waals surface area (Å²) < 4.78 is 0. The highest BCUT2D eigenvalue weighted by Gasteiger charge is 2.53. The van der Waals surface area contributed by atoms with Crippen molar-refractivity contribution < 1.29 is 24.3 Å². The van der Waals surface area contributed by atoms with Crippen molar-refractivity contribution in [1.29, 1.82) is 0 Å². The lowest BCUT2D eigenvalue weighted by atomic mass is 9.90. The predicted molar refractivity (Wildman–Crippen MR) is 85.5 cm³/mol. The first-order valence-electron chi connectivity index (χ1n) is 7.39. The van der Waals surface area contributed by atoms with Gasteiger partial charge in [-0.05, 0) is 25.0 Å². The van der Waals surface area contributed by atoms with E-state index in [1.807, 2.05) is 6.92 Å². The molecule has 1 N–H and O–H groups in total. The van der Waals surface area contributed by atoms with E-state index in [0.717, 1.165) is 10.5 Å². The van der Waals surface area contributed by atoms with Crippen molar-refractivity contribution in [2.45, 2.75) is 19.4 Å². The standard InChI is InChI=1S/C16H19N3O5/c1-4-24-17-9-11-5-7-12(8-6-11)16(2)14(22)19(10-13(20)21)15(23)18(16)3/h5-9H,4,10H2,1-3H3,(H,20,21)/t16-/m1/s1. The van der Waals surface area contributed by atoms with Crippen molar-refractivity contribution in [3.05, 3.63) is 35.4 Å². The molecular formula is C16H19N3O5. The van der Waals surface area contributed by atoms with Gasteiger partial charge in [0.05, 0.1) is 6.21 Å². The van der Waals surface area contributed by atoms with Crippen molar-refractivity contribution in [3.63, 3.8) is 0 Å². The number of imide groups is 1. The Labute approximate surface area is 139 Å². The molecule has 0 bridgehead atoms. The van der Waals surface area contributed by atoms with Crippen LogP contribution >= 0.6 is 0 Å². The summed E-state index contributed by atoms with van der Waals surface area (Å²) in [7, 11) is 1.48. The first-order chi connectivity index (χ1) is 11.3. The molecule has 1 fully saturated rings. The molecule has 128 valence electrons. The maximum Gasteiger partial charge on any atom is 0.328 e. The number of nitrogens with zero attached hydrogens (tertiary/aromatic N) is 3. The summed E-state index contributed by atoms with van der Waals surface area (Å²) >= 11 is 0. The molecule has 1 atom stereocenters. The fourth-order valence-corrected chi connectivity index (χ4v) is 2.52. The van der Waals surface area contributed by atoms with E-state index in [4.69, 9.17) is 9.94 Å². The van der Waals surface area contributed by atoms with Gasteiger partial charge in [-0.2, -0.15) is 0 Å². The van der Waals surface area contributed by atoms with Gasteiger partial charge in [-0.1, -0.05) is 29.4 Å². The van der Waals surface area contributed by atoms with Gasteiger partial charge in [0.25, 0.3) is 5.91 Å². The Morgan fingerprint density at radius 2 is 1.96 bits per heavy atom. The Kier molecular flexibility index (Phi) is 4.87. The fourth-order valence-electron chi connectivity index (χ4n) is 2.52. The van der Waals surface area contributed by atoms with Crippen LogP contribution in [0.2, 0.25) is 0 Å². The number of aliphatic carboxylic acids is 1. The Morgan fingerprint density at radius 3 is 2.50 bits per heavy atom. The maximum absolute atomic E-state index is 12.6. The summed E-state index contributed by atoms with van der Waals surface area (Å²) in [5, 5.41) is 12.6. The van der Waals surface area contributed by atoms with Gasteiger partial charge in [0.1, 0.15) is 18.7 Å². The molecule has 24 heavy (non-hydrogen) atoms. The molecule has 1 heterocycles. The van der Waals surface area contributed by atoms with Gasteiger partial charge in [-0.3, -0.25) is 14.5 Å². The average Bonchev–Trinajstić information content (AvgIpc) is 2.72. The molecule has 1 aromatic rings. The molecule has 0 radical (unpaired) electrons. The number of hydrogen-bond donors (Lipinski definition) is 1. The Hall–Kier alpha value is -2.90. The van der Waals surface area contributed by atoms with Crippen LogP contribution in [-0.4, -0.2) is 59.2 Å². The third-order valence-electron chi connectivity index (χ3n) is 4.02. The second-order valence-corrected chi connectivity index (χ2v) is 5.47. The molecule has 8 heteroatoms. The molecule has 8 nitrogen and oxygen atoms in total. The molecule has 0 aliphatic carbocycles. The number of rotatable bonds is 6. The Morgan fingerprint density at radius 1 is 1.33 bits per heavy atom. The largest absolute Gasteiger partial charge is 0.480 e. The average molecular weight is 333 g/mol. The summed E-state index contributed by atoms with van der Waals surface area (Å²) in [6, 6.07) is 6.27. The van der Waals surface area contributed by atoms with Crippen LogP contribution in [0.4, 0.5) is 4.79 Å². The SMILES string of the molecule is CCON=Cc1ccc([C@]2(C)C(=O)N(CC(=O)O)C(=O)N2C)cc1. The van der Waals surface area contributed by atoms with E-state index in [1.165, 1.54) is 18.2 Å². The highest BCUT2D eigenvalue weighted by molar-refractivity contribution is 6.08. The van der Waals surface area contributed by atoms with Gasteiger partial charge in [-0.25, -0.2) is 4.79 Å². The van der Waals surface area contributed by atoms with E-state index < -0.39 is 30.0 Å². The van der Waals surface area contributed by atoms with Gasteiger partial charge in [0.15, 0.2) is 0 Å². The first kappa shape index (κ1) is 17.5. The van der Waals surface area contributed by atoms with E-state index >= 15 is 0 Å². The molecule has 3 amide bonds. The van der Waals surface area contributed by atoms with Crippen molar-refractivity contribution in [2.75, 3.05) is 20.2 Å². The lowest BCUT2D eigenvalue weighted by Crippen LogP contribution is -2.42. The molecule has 0 saturated carbocycles. The molecular weight excluding hydrogens is 314 g/mol. The van der Waals surface area contributed by atoms with Crippen LogP contribution < -0.4 is 0 Å². The van der Waals surface area contributed by atoms with Crippen molar-refractivity contribution >= 4 is 24.1 Å². The van der Waals surface area contributed by atoms with E-state index in [1.54, 1.807) is 31.2 Å². The summed E-state index contributed by atoms with van der Waals surface area (Å²) in [5.41, 5.74) is 0.115. The number of carbonyl (C=O) groups excluding carboxylic acids is 2. The van der Waals surface area contributed by atoms with E-state index in [-0.39, 0.29) is 0 Å². The number of carboxylic acids is 1. The van der Waals surface area contributed by atoms with Crippen LogP contribution in [0, 0.1) is 0 Å². The zero-order chi connectivity index (χ0) is 17.9. The summed E-state index contributed by atoms with van der Waals surface area (Å²) in [6.07, 6.45) is 1.54. The quantitative estimate of drug-likeness (QED) is 0.480. The van der Waals surface area contributed by atoms with Gasteiger partial charge in [-0.15, -0.1) is 0 Å². The third kappa shape index (κ3) is 2.94. The number of carbonyl (C=O) groups is 3. The minimum Gasteiger partial charge on any atom is -0.480 e. The van der Waals surface area contributed by atoms with Crippen LogP contribution in [0.1, 0.15) is 25.0 Å². The van der Waals surface area contributed by atoms with Crippen LogP contribution in [0.5, 0.6) is 0 Å². The minimum absolute atomic E-state index is 0.466. The molecule has 2 rings (SSSR count). The molecule has 0 unspecified atom stereocenters. The lowest BCUT2D eigenvalue weighted by Gasteiger charge is -2.29. The third-order valence-corrected chi connectivity index (χ3v) is 4.02. The number of likely N-dealkylation sites (N-methyl/N-ethyl adjacent to an activating group) is 1. The summed E-state index contributed by atoms with van der Waals surface area (Å²) in [6.45, 7) is 3.23. The predicted octanol–water partition coefficient (Wildman–Crippen LogP) is 1.25. The number of oxime groups is 1. The van der Waals surface area contributed by atoms with E-state index in [2.05, 4.69) is 5.16 Å². The molecule has 1 aliphatic rings. The van der Waals surface area contributed by atoms with Crippen LogP contribution in [0.3, 0.4) is 0 Å². The van der Waals surface area contributed by atoms with Gasteiger partial charge < -0.3 is 14.8 Å². The monoisotopic (exact) mass is 333 g/mol. The minimum atomic E-state index is -1.25. The van der Waals surface area contributed by atoms with Gasteiger partial charge in [0.2, 0.25) is 0 Å². The lowest BCUT2D eigenvalue weighted by molar-refractivity contribution is -0.143. The van der Waals surface area contributed by atoms with Crippen LogP contribution in [0.25, 0.3) is 0 Å². The van der Waals surface area contributed by atoms with Crippen LogP contribution in [-0.2, 0) is 20.0 Å². The number of amides is 3. The molecule has 1 aliphatic heterocycles.